The van der Waals surface area contributed by atoms with Crippen LogP contribution in [0, 0.1) is 11.8 Å². The second-order valence-electron chi connectivity index (χ2n) is 15.4. The van der Waals surface area contributed by atoms with Gasteiger partial charge in [0.05, 0.1) is 36.4 Å². The van der Waals surface area contributed by atoms with Gasteiger partial charge in [-0.15, -0.1) is 0 Å². The quantitative estimate of drug-likeness (QED) is 0.222. The van der Waals surface area contributed by atoms with Gasteiger partial charge in [-0.05, 0) is 69.0 Å². The number of hydrogen-bond acceptors (Lipinski definition) is 10. The number of amides is 3. The number of carbonyl (C=O) groups excluding carboxylic acids is 4. The molecule has 8 atom stereocenters. The van der Waals surface area contributed by atoms with Crippen LogP contribution < -0.4 is 10.2 Å². The molecule has 56 heavy (non-hydrogen) atoms. The number of benzene rings is 2. The molecule has 3 amide bonds. The van der Waals surface area contributed by atoms with Crippen molar-refractivity contribution in [2.75, 3.05) is 25.6 Å². The smallest absolute Gasteiger partial charge is 0.409 e. The van der Waals surface area contributed by atoms with Crippen LogP contribution in [-0.2, 0) is 36.8 Å². The van der Waals surface area contributed by atoms with E-state index >= 15 is 0 Å². The van der Waals surface area contributed by atoms with Crippen molar-refractivity contribution in [3.63, 3.8) is 0 Å². The normalized spacial score (nSPS) is 30.1. The standard InChI is InChI=1S/C42H52ClN3O10/c1-23(2)28-12-14-29(15-13-28)38(50)45(7)26(5)39(51)55-34-19-35(49)46(8)32-18-27(17-30(21-47)36(32)43)16-24(3)10-9-11-31(22-48)42(53)20-33(54-40(52)44-42)25(4)37-41(34,6)56-37/h9-15,17-18,25-26,31,33-34,37,47-48,53H,1,16,19-22H2,2-8H3,(H,44,52)/b11-9+,24-10+/t25-,26+,31+,33+,34+,37+,41+,42+/m1/s1. The van der Waals surface area contributed by atoms with Crippen molar-refractivity contribution in [2.24, 2.45) is 11.8 Å². The lowest BCUT2D eigenvalue weighted by atomic mass is 9.81. The molecule has 0 radical (unpaired) electrons. The Hall–Kier alpha value is -4.53. The van der Waals surface area contributed by atoms with Crippen molar-refractivity contribution >= 4 is 46.7 Å². The van der Waals surface area contributed by atoms with Gasteiger partial charge < -0.3 is 39.3 Å². The van der Waals surface area contributed by atoms with Gasteiger partial charge in [0.15, 0.2) is 5.72 Å². The van der Waals surface area contributed by atoms with Crippen LogP contribution in [0.1, 0.15) is 74.5 Å². The number of aliphatic hydroxyl groups excluding tert-OH is 2. The zero-order valence-electron chi connectivity index (χ0n) is 32.9. The minimum absolute atomic E-state index is 0.105. The van der Waals surface area contributed by atoms with Crippen molar-refractivity contribution < 1.29 is 48.7 Å². The first kappa shape index (κ1) is 42.6. The Morgan fingerprint density at radius 1 is 1.18 bits per heavy atom. The Labute approximate surface area is 332 Å². The number of rotatable bonds is 7. The van der Waals surface area contributed by atoms with Gasteiger partial charge in [0.25, 0.3) is 5.91 Å². The van der Waals surface area contributed by atoms with Crippen LogP contribution >= 0.6 is 11.6 Å². The van der Waals surface area contributed by atoms with Gasteiger partial charge in [-0.2, -0.15) is 0 Å². The predicted octanol–water partition coefficient (Wildman–Crippen LogP) is 4.94. The van der Waals surface area contributed by atoms with E-state index in [1.165, 1.54) is 30.8 Å². The molecule has 5 rings (SSSR count). The molecule has 2 saturated heterocycles. The molecule has 13 nitrogen and oxygen atoms in total. The van der Waals surface area contributed by atoms with Crippen LogP contribution in [0.4, 0.5) is 10.5 Å². The lowest BCUT2D eigenvalue weighted by Gasteiger charge is -2.42. The maximum atomic E-state index is 14.2. The number of ether oxygens (including phenoxy) is 3. The Balaban J connectivity index is 1.51. The zero-order chi connectivity index (χ0) is 41.3. The van der Waals surface area contributed by atoms with Crippen LogP contribution in [0.3, 0.4) is 0 Å². The van der Waals surface area contributed by atoms with E-state index in [0.717, 1.165) is 22.3 Å². The highest BCUT2D eigenvalue weighted by Gasteiger charge is 2.64. The number of nitrogens with zero attached hydrogens (tertiary/aromatic N) is 2. The van der Waals surface area contributed by atoms with E-state index in [1.807, 2.05) is 13.8 Å². The Morgan fingerprint density at radius 2 is 1.84 bits per heavy atom. The molecule has 0 aromatic heterocycles. The summed E-state index contributed by atoms with van der Waals surface area (Å²) in [7, 11) is 3.02. The molecular formula is C42H52ClN3O10. The summed E-state index contributed by atoms with van der Waals surface area (Å²) < 4.78 is 18.0. The summed E-state index contributed by atoms with van der Waals surface area (Å²) in [6.45, 7) is 11.8. The molecule has 0 unspecified atom stereocenters. The molecule has 3 heterocycles. The lowest BCUT2D eigenvalue weighted by Crippen LogP contribution is -2.62. The predicted molar refractivity (Wildman–Crippen MR) is 211 cm³/mol. The highest BCUT2D eigenvalue weighted by molar-refractivity contribution is 6.34. The fourth-order valence-corrected chi connectivity index (χ4v) is 7.66. The van der Waals surface area contributed by atoms with Crippen LogP contribution in [0.15, 0.2) is 66.8 Å². The molecule has 3 aliphatic rings. The largest absolute Gasteiger partial charge is 0.457 e. The first-order valence-electron chi connectivity index (χ1n) is 18.6. The van der Waals surface area contributed by atoms with Crippen molar-refractivity contribution in [2.45, 2.75) is 96.2 Å². The average Bonchev–Trinajstić information content (AvgIpc) is 3.86. The van der Waals surface area contributed by atoms with Gasteiger partial charge >= 0.3 is 12.1 Å². The van der Waals surface area contributed by atoms with Gasteiger partial charge in [-0.3, -0.25) is 14.9 Å². The van der Waals surface area contributed by atoms with E-state index in [2.05, 4.69) is 11.9 Å². The highest BCUT2D eigenvalue weighted by atomic mass is 35.5. The molecule has 2 aromatic rings. The van der Waals surface area contributed by atoms with Crippen LogP contribution in [0.25, 0.3) is 5.57 Å². The summed E-state index contributed by atoms with van der Waals surface area (Å²) in [5, 5.41) is 34.9. The minimum atomic E-state index is -1.88. The summed E-state index contributed by atoms with van der Waals surface area (Å²) in [6, 6.07) is 9.27. The number of allylic oxidation sites excluding steroid dienone is 4. The van der Waals surface area contributed by atoms with Gasteiger partial charge in [0.2, 0.25) is 5.91 Å². The van der Waals surface area contributed by atoms with Crippen molar-refractivity contribution in [3.8, 4) is 0 Å². The number of halogens is 1. The summed E-state index contributed by atoms with van der Waals surface area (Å²) in [5.74, 6) is -3.18. The zero-order valence-corrected chi connectivity index (χ0v) is 33.6. The van der Waals surface area contributed by atoms with Crippen LogP contribution in [0.5, 0.6) is 0 Å². The topological polar surface area (TPSA) is 178 Å². The number of nitrogens with one attached hydrogen (secondary N) is 1. The third-order valence-electron chi connectivity index (χ3n) is 11.3. The number of carbonyl (C=O) groups is 4. The molecule has 0 saturated carbocycles. The van der Waals surface area contributed by atoms with E-state index < -0.39 is 78.0 Å². The van der Waals surface area contributed by atoms with Crippen molar-refractivity contribution in [1.82, 2.24) is 10.2 Å². The second-order valence-corrected chi connectivity index (χ2v) is 15.8. The van der Waals surface area contributed by atoms with E-state index in [9.17, 15) is 34.5 Å². The van der Waals surface area contributed by atoms with Crippen LogP contribution in [0.2, 0.25) is 5.02 Å². The van der Waals surface area contributed by atoms with E-state index in [1.54, 1.807) is 68.5 Å². The third-order valence-corrected chi connectivity index (χ3v) is 11.7. The van der Waals surface area contributed by atoms with Crippen LogP contribution in [-0.4, -0.2) is 100 Å². The number of epoxide rings is 1. The Morgan fingerprint density at radius 3 is 2.46 bits per heavy atom. The summed E-state index contributed by atoms with van der Waals surface area (Å²) in [5.41, 5.74) is 1.27. The van der Waals surface area contributed by atoms with Gasteiger partial charge in [0.1, 0.15) is 23.9 Å². The summed E-state index contributed by atoms with van der Waals surface area (Å²) in [4.78, 5) is 57.0. The molecule has 4 N–H and O–H groups in total. The number of aliphatic hydroxyl groups is 3. The average molecular weight is 794 g/mol. The molecule has 0 spiro atoms. The first-order valence-corrected chi connectivity index (χ1v) is 19.0. The fourth-order valence-electron chi connectivity index (χ4n) is 7.37. The molecule has 302 valence electrons. The molecule has 3 aliphatic heterocycles. The maximum absolute atomic E-state index is 14.2. The van der Waals surface area contributed by atoms with Gasteiger partial charge in [-0.1, -0.05) is 72.7 Å². The summed E-state index contributed by atoms with van der Waals surface area (Å²) >= 11 is 6.74. The number of esters is 1. The SMILES string of the molecule is C=C(C)c1ccc(C(=O)N(C)[C@@H](C)C(=O)O[C@H]2CC(=O)N(C)c3cc(cc(CO)c3Cl)C/C(C)=C/C=C/[C@@H](CO)[C@@]3(O)C[C@H](OC(=O)N3)[C@@H](C)[C@@H]3O[C@@]23C)cc1. The van der Waals surface area contributed by atoms with E-state index in [-0.39, 0.29) is 24.5 Å². The molecule has 2 fully saturated rings. The third kappa shape index (κ3) is 8.87. The Bertz CT molecular complexity index is 1930. The monoisotopic (exact) mass is 793 g/mol. The second kappa shape index (κ2) is 16.9. The van der Waals surface area contributed by atoms with E-state index in [4.69, 9.17) is 25.8 Å². The molecule has 4 bridgehead atoms. The van der Waals surface area contributed by atoms with Crippen molar-refractivity contribution in [3.05, 3.63) is 94.1 Å². The molecular weight excluding hydrogens is 742 g/mol. The molecule has 14 heteroatoms. The Kier molecular flexibility index (Phi) is 12.9. The lowest BCUT2D eigenvalue weighted by molar-refractivity contribution is -0.158. The molecule has 0 aliphatic carbocycles. The van der Waals surface area contributed by atoms with Gasteiger partial charge in [-0.25, -0.2) is 9.59 Å². The fraction of sp³-hybridized carbons (Fsp3) is 0.476. The van der Waals surface area contributed by atoms with Gasteiger partial charge in [0, 0.05) is 37.9 Å². The minimum Gasteiger partial charge on any atom is -0.457 e. The maximum Gasteiger partial charge on any atom is 0.409 e. The van der Waals surface area contributed by atoms with Crippen molar-refractivity contribution in [1.29, 1.82) is 0 Å². The highest BCUT2D eigenvalue weighted by Crippen LogP contribution is 2.49. The first-order chi connectivity index (χ1) is 26.3. The number of fused-ring (bicyclic) bond motifs is 5. The van der Waals surface area contributed by atoms with E-state index in [0.29, 0.717) is 23.2 Å². The number of hydrogen-bond donors (Lipinski definition) is 4. The molecule has 2 aromatic carbocycles. The number of likely N-dealkylation sites (N-methyl/N-ethyl adjacent to an activating group) is 1. The summed E-state index contributed by atoms with van der Waals surface area (Å²) in [6.07, 6.45) is 1.33. The number of anilines is 1. The number of alkyl carbamates (subject to hydrolysis) is 1.